The summed E-state index contributed by atoms with van der Waals surface area (Å²) >= 11 is 0. The van der Waals surface area contributed by atoms with E-state index in [-0.39, 0.29) is 32.1 Å². The van der Waals surface area contributed by atoms with Crippen molar-refractivity contribution in [1.82, 2.24) is 5.32 Å². The lowest BCUT2D eigenvalue weighted by molar-refractivity contribution is -0.147. The van der Waals surface area contributed by atoms with Gasteiger partial charge >= 0.3 is 13.8 Å². The molecule has 0 aliphatic rings. The molecule has 2 atom stereocenters. The number of aliphatic hydroxyl groups excluding tert-OH is 1. The number of aliphatic hydroxyl groups is 1. The third-order valence-electron chi connectivity index (χ3n) is 8.95. The molecule has 0 aliphatic heterocycles. The molecule has 0 heterocycles. The van der Waals surface area contributed by atoms with Crippen LogP contribution in [0.2, 0.25) is 0 Å². The molecule has 0 spiro atoms. The first kappa shape index (κ1) is 48.8. The number of carbonyl (C=O) groups is 2. The van der Waals surface area contributed by atoms with E-state index in [0.717, 1.165) is 44.9 Å². The van der Waals surface area contributed by atoms with Crippen LogP contribution < -0.4 is 5.32 Å². The summed E-state index contributed by atoms with van der Waals surface area (Å²) in [5.74, 6) is -0.520. The Balaban J connectivity index is 3.49. The third-order valence-corrected chi connectivity index (χ3v) is 9.93. The minimum Gasteiger partial charge on any atom is -0.463 e. The number of ether oxygens (including phenoxy) is 1. The summed E-state index contributed by atoms with van der Waals surface area (Å²) in [6.45, 7) is 3.48. The maximum absolute atomic E-state index is 12.0. The molecule has 0 radical (unpaired) electrons. The Morgan fingerprint density at radius 1 is 0.600 bits per heavy atom. The summed E-state index contributed by atoms with van der Waals surface area (Å²) in [5, 5.41) is 12.6. The zero-order chi connectivity index (χ0) is 36.8. The summed E-state index contributed by atoms with van der Waals surface area (Å²) in [4.78, 5) is 33.6. The second-order valence-electron chi connectivity index (χ2n) is 14.0. The standard InChI is InChI=1S/C40H78NO8P/c1-3-5-7-9-11-12-13-14-15-16-17-18-19-20-21-22-23-24-25-26-27-28-30-32-39(43)41-34-35-48-50(45,46)49-37-38(42)36-47-40(44)33-31-29-10-8-6-4-2/h14-15,38,42H,3-13,16-37H2,1-2H3,(H,41,43)(H,45,46)/b15-14+. The quantitative estimate of drug-likeness (QED) is 0.0246. The van der Waals surface area contributed by atoms with Gasteiger partial charge in [0.2, 0.25) is 5.91 Å². The van der Waals surface area contributed by atoms with Gasteiger partial charge in [-0.15, -0.1) is 0 Å². The highest BCUT2D eigenvalue weighted by atomic mass is 31.2. The molecule has 1 amide bonds. The van der Waals surface area contributed by atoms with E-state index in [1.807, 2.05) is 0 Å². The molecule has 0 rings (SSSR count). The molecule has 0 fully saturated rings. The number of hydrogen-bond donors (Lipinski definition) is 3. The van der Waals surface area contributed by atoms with Crippen LogP contribution in [0.3, 0.4) is 0 Å². The average Bonchev–Trinajstić information content (AvgIpc) is 3.10. The van der Waals surface area contributed by atoms with E-state index in [1.165, 1.54) is 128 Å². The first-order chi connectivity index (χ1) is 24.3. The topological polar surface area (TPSA) is 131 Å². The monoisotopic (exact) mass is 732 g/mol. The Hall–Kier alpha value is -1.25. The number of rotatable bonds is 39. The number of nitrogens with one attached hydrogen (secondary N) is 1. The van der Waals surface area contributed by atoms with Gasteiger partial charge in [-0.3, -0.25) is 18.6 Å². The SMILES string of the molecule is CCCCCCCC/C=C/CCCCCCCCCCCCCCCC(=O)NCCOP(=O)(O)OCC(O)COC(=O)CCCCCCCC. The number of phosphoric acid groups is 1. The van der Waals surface area contributed by atoms with Gasteiger partial charge < -0.3 is 20.1 Å². The highest BCUT2D eigenvalue weighted by molar-refractivity contribution is 7.47. The van der Waals surface area contributed by atoms with Gasteiger partial charge in [0, 0.05) is 19.4 Å². The van der Waals surface area contributed by atoms with Crippen molar-refractivity contribution in [2.45, 2.75) is 206 Å². The predicted octanol–water partition coefficient (Wildman–Crippen LogP) is 11.0. The van der Waals surface area contributed by atoms with E-state index < -0.39 is 26.5 Å². The van der Waals surface area contributed by atoms with E-state index in [9.17, 15) is 24.2 Å². The number of phosphoric ester groups is 1. The van der Waals surface area contributed by atoms with E-state index in [2.05, 4.69) is 31.3 Å². The number of esters is 1. The van der Waals surface area contributed by atoms with E-state index in [1.54, 1.807) is 0 Å². The van der Waals surface area contributed by atoms with Crippen molar-refractivity contribution in [2.24, 2.45) is 0 Å². The van der Waals surface area contributed by atoms with Crippen LogP contribution in [0.15, 0.2) is 12.2 Å². The van der Waals surface area contributed by atoms with Crippen LogP contribution in [0.1, 0.15) is 200 Å². The molecule has 0 aromatic rings. The summed E-state index contributed by atoms with van der Waals surface area (Å²) in [5.41, 5.74) is 0. The van der Waals surface area contributed by atoms with Gasteiger partial charge in [0.15, 0.2) is 0 Å². The maximum atomic E-state index is 12.0. The number of unbranched alkanes of at least 4 members (excludes halogenated alkanes) is 24. The zero-order valence-corrected chi connectivity index (χ0v) is 33.3. The second-order valence-corrected chi connectivity index (χ2v) is 15.4. The minimum absolute atomic E-state index is 0.0854. The molecule has 10 heteroatoms. The lowest BCUT2D eigenvalue weighted by Crippen LogP contribution is -2.27. The fraction of sp³-hybridized carbons (Fsp3) is 0.900. The van der Waals surface area contributed by atoms with Crippen LogP contribution >= 0.6 is 7.82 Å². The molecule has 0 aliphatic carbocycles. The van der Waals surface area contributed by atoms with Gasteiger partial charge in [0.1, 0.15) is 12.7 Å². The Labute approximate surface area is 307 Å². The molecule has 50 heavy (non-hydrogen) atoms. The van der Waals surface area contributed by atoms with Gasteiger partial charge in [-0.05, 0) is 38.5 Å². The number of allylic oxidation sites excluding steroid dienone is 2. The van der Waals surface area contributed by atoms with Crippen LogP contribution in [0.25, 0.3) is 0 Å². The smallest absolute Gasteiger partial charge is 0.463 e. The van der Waals surface area contributed by atoms with Gasteiger partial charge in [-0.25, -0.2) is 4.57 Å². The highest BCUT2D eigenvalue weighted by Crippen LogP contribution is 2.42. The van der Waals surface area contributed by atoms with Crippen molar-refractivity contribution in [3.8, 4) is 0 Å². The molecule has 0 aromatic carbocycles. The largest absolute Gasteiger partial charge is 0.472 e. The van der Waals surface area contributed by atoms with Crippen molar-refractivity contribution >= 4 is 19.7 Å². The third kappa shape index (κ3) is 38.0. The Bertz CT molecular complexity index is 840. The van der Waals surface area contributed by atoms with Crippen LogP contribution in [0.4, 0.5) is 0 Å². The van der Waals surface area contributed by atoms with Crippen LogP contribution in [0.5, 0.6) is 0 Å². The van der Waals surface area contributed by atoms with E-state index in [4.69, 9.17) is 13.8 Å². The molecule has 0 bridgehead atoms. The van der Waals surface area contributed by atoms with E-state index in [0.29, 0.717) is 6.42 Å². The lowest BCUT2D eigenvalue weighted by atomic mass is 10.0. The van der Waals surface area contributed by atoms with Crippen molar-refractivity contribution < 1.29 is 37.9 Å². The number of hydrogen-bond acceptors (Lipinski definition) is 7. The van der Waals surface area contributed by atoms with E-state index >= 15 is 0 Å². The molecule has 0 aromatic heterocycles. The highest BCUT2D eigenvalue weighted by Gasteiger charge is 2.23. The first-order valence-corrected chi connectivity index (χ1v) is 22.2. The number of carbonyl (C=O) groups excluding carboxylic acids is 2. The van der Waals surface area contributed by atoms with Crippen molar-refractivity contribution in [3.63, 3.8) is 0 Å². The normalized spacial score (nSPS) is 13.4. The van der Waals surface area contributed by atoms with Gasteiger partial charge in [0.05, 0.1) is 13.2 Å². The zero-order valence-electron chi connectivity index (χ0n) is 32.4. The molecular formula is C40H78NO8P. The van der Waals surface area contributed by atoms with Crippen LogP contribution in [-0.2, 0) is 27.9 Å². The second kappa shape index (κ2) is 37.5. The molecule has 9 nitrogen and oxygen atoms in total. The van der Waals surface area contributed by atoms with Crippen LogP contribution in [0, 0.1) is 0 Å². The van der Waals surface area contributed by atoms with Gasteiger partial charge in [-0.1, -0.05) is 161 Å². The lowest BCUT2D eigenvalue weighted by Gasteiger charge is -2.15. The minimum atomic E-state index is -4.40. The predicted molar refractivity (Wildman–Crippen MR) is 206 cm³/mol. The Morgan fingerprint density at radius 3 is 1.50 bits per heavy atom. The summed E-state index contributed by atoms with van der Waals surface area (Å²) < 4.78 is 26.7. The fourth-order valence-corrected chi connectivity index (χ4v) is 6.54. The molecule has 296 valence electrons. The van der Waals surface area contributed by atoms with Gasteiger partial charge in [0.25, 0.3) is 0 Å². The molecule has 3 N–H and O–H groups in total. The molecule has 2 unspecified atom stereocenters. The van der Waals surface area contributed by atoms with Gasteiger partial charge in [-0.2, -0.15) is 0 Å². The summed E-state index contributed by atoms with van der Waals surface area (Å²) in [6.07, 6.45) is 37.6. The average molecular weight is 732 g/mol. The Morgan fingerprint density at radius 2 is 1.02 bits per heavy atom. The molecule has 0 saturated heterocycles. The van der Waals surface area contributed by atoms with Crippen molar-refractivity contribution in [3.05, 3.63) is 12.2 Å². The fourth-order valence-electron chi connectivity index (χ4n) is 5.79. The van der Waals surface area contributed by atoms with Crippen molar-refractivity contribution in [1.29, 1.82) is 0 Å². The Kier molecular flexibility index (Phi) is 36.6. The molecule has 0 saturated carbocycles. The summed E-state index contributed by atoms with van der Waals surface area (Å²) in [7, 11) is -4.40. The number of amides is 1. The maximum Gasteiger partial charge on any atom is 0.472 e. The first-order valence-electron chi connectivity index (χ1n) is 20.7. The summed E-state index contributed by atoms with van der Waals surface area (Å²) in [6, 6.07) is 0. The van der Waals surface area contributed by atoms with Crippen LogP contribution in [-0.4, -0.2) is 54.3 Å². The van der Waals surface area contributed by atoms with Crippen molar-refractivity contribution in [2.75, 3.05) is 26.4 Å². The molecular weight excluding hydrogens is 653 g/mol.